The van der Waals surface area contributed by atoms with E-state index in [9.17, 15) is 4.39 Å². The Labute approximate surface area is 160 Å². The number of H-pyrrole nitrogens is 1. The van der Waals surface area contributed by atoms with Crippen LogP contribution in [-0.2, 0) is 13.0 Å². The first-order valence-electron chi connectivity index (χ1n) is 8.51. The fourth-order valence-electron chi connectivity index (χ4n) is 2.90. The lowest BCUT2D eigenvalue weighted by Gasteiger charge is -2.08. The van der Waals surface area contributed by atoms with Crippen LogP contribution in [-0.4, -0.2) is 19.9 Å². The standard InChI is InChI=1S/C20H17ClFN5/c1-12-6-17-14(9-26-20(17)25-8-12)7-13-2-5-18(27-19(13)22)24-11-16-4-3-15(21)10-23-16/h2-6,8-10H,7,11H2,1H3,(H,24,27)(H,25,26). The average Bonchev–Trinajstić information content (AvgIpc) is 3.05. The molecule has 0 atom stereocenters. The van der Waals surface area contributed by atoms with Gasteiger partial charge in [0, 0.05) is 36.0 Å². The van der Waals surface area contributed by atoms with Crippen molar-refractivity contribution in [2.24, 2.45) is 0 Å². The summed E-state index contributed by atoms with van der Waals surface area (Å²) in [5, 5.41) is 4.66. The van der Waals surface area contributed by atoms with Gasteiger partial charge in [0.2, 0.25) is 5.95 Å². The number of rotatable bonds is 5. The summed E-state index contributed by atoms with van der Waals surface area (Å²) in [6.45, 7) is 2.43. The molecule has 0 bridgehead atoms. The third kappa shape index (κ3) is 3.90. The maximum absolute atomic E-state index is 14.5. The van der Waals surface area contributed by atoms with E-state index in [1.165, 1.54) is 0 Å². The SMILES string of the molecule is Cc1cnc2[nH]cc(Cc3ccc(NCc4ccc(Cl)cn4)nc3F)c2c1. The minimum absolute atomic E-state index is 0.441. The van der Waals surface area contributed by atoms with Crippen molar-refractivity contribution in [3.8, 4) is 0 Å². The summed E-state index contributed by atoms with van der Waals surface area (Å²) in [4.78, 5) is 15.7. The molecule has 0 aliphatic carbocycles. The molecule has 0 aliphatic heterocycles. The molecule has 4 aromatic rings. The van der Waals surface area contributed by atoms with E-state index in [0.717, 1.165) is 27.9 Å². The Hall–Kier alpha value is -2.99. The zero-order valence-corrected chi connectivity index (χ0v) is 15.4. The van der Waals surface area contributed by atoms with E-state index in [4.69, 9.17) is 11.6 Å². The molecule has 4 heterocycles. The summed E-state index contributed by atoms with van der Waals surface area (Å²) in [6.07, 6.45) is 5.70. The third-order valence-corrected chi connectivity index (χ3v) is 4.52. The number of hydrogen-bond acceptors (Lipinski definition) is 4. The normalized spacial score (nSPS) is 11.1. The molecular formula is C20H17ClFN5. The fourth-order valence-corrected chi connectivity index (χ4v) is 3.01. The van der Waals surface area contributed by atoms with Crippen molar-refractivity contribution in [1.82, 2.24) is 19.9 Å². The van der Waals surface area contributed by atoms with Gasteiger partial charge in [0.05, 0.1) is 17.3 Å². The number of pyridine rings is 3. The Morgan fingerprint density at radius 3 is 2.78 bits per heavy atom. The number of fused-ring (bicyclic) bond motifs is 1. The number of aromatic nitrogens is 4. The Kier molecular flexibility index (Phi) is 4.73. The Morgan fingerprint density at radius 1 is 1.11 bits per heavy atom. The van der Waals surface area contributed by atoms with Crippen LogP contribution in [0, 0.1) is 12.9 Å². The van der Waals surface area contributed by atoms with E-state index < -0.39 is 5.95 Å². The van der Waals surface area contributed by atoms with Crippen LogP contribution in [0.25, 0.3) is 11.0 Å². The minimum atomic E-state index is -0.487. The first-order valence-corrected chi connectivity index (χ1v) is 8.88. The van der Waals surface area contributed by atoms with Gasteiger partial charge in [0.1, 0.15) is 11.5 Å². The smallest absolute Gasteiger partial charge is 0.218 e. The quantitative estimate of drug-likeness (QED) is 0.493. The molecular weight excluding hydrogens is 365 g/mol. The van der Waals surface area contributed by atoms with Crippen molar-refractivity contribution in [2.75, 3.05) is 5.32 Å². The number of nitrogens with zero attached hydrogens (tertiary/aromatic N) is 3. The molecule has 27 heavy (non-hydrogen) atoms. The van der Waals surface area contributed by atoms with Crippen LogP contribution < -0.4 is 5.32 Å². The molecule has 0 saturated carbocycles. The van der Waals surface area contributed by atoms with Gasteiger partial charge in [-0.15, -0.1) is 0 Å². The third-order valence-electron chi connectivity index (χ3n) is 4.30. The molecule has 0 aromatic carbocycles. The van der Waals surface area contributed by atoms with Gasteiger partial charge in [-0.05, 0) is 42.3 Å². The van der Waals surface area contributed by atoms with Gasteiger partial charge in [0.15, 0.2) is 0 Å². The monoisotopic (exact) mass is 381 g/mol. The Morgan fingerprint density at radius 2 is 2.00 bits per heavy atom. The maximum Gasteiger partial charge on any atom is 0.218 e. The second-order valence-corrected chi connectivity index (χ2v) is 6.80. The molecule has 136 valence electrons. The van der Waals surface area contributed by atoms with Crippen LogP contribution in [0.4, 0.5) is 10.2 Å². The Balaban J connectivity index is 1.49. The molecule has 0 fully saturated rings. The predicted octanol–water partition coefficient (Wildman–Crippen LogP) is 4.66. The summed E-state index contributed by atoms with van der Waals surface area (Å²) < 4.78 is 14.5. The van der Waals surface area contributed by atoms with Crippen LogP contribution in [0.5, 0.6) is 0 Å². The zero-order valence-electron chi connectivity index (χ0n) is 14.6. The molecule has 4 rings (SSSR count). The lowest BCUT2D eigenvalue weighted by molar-refractivity contribution is 0.571. The summed E-state index contributed by atoms with van der Waals surface area (Å²) in [5.74, 6) is -0.0246. The first kappa shape index (κ1) is 17.4. The second kappa shape index (κ2) is 7.32. The highest BCUT2D eigenvalue weighted by Crippen LogP contribution is 2.22. The van der Waals surface area contributed by atoms with Gasteiger partial charge in [-0.2, -0.15) is 4.39 Å². The highest BCUT2D eigenvalue weighted by molar-refractivity contribution is 6.30. The molecule has 0 amide bonds. The van der Waals surface area contributed by atoms with E-state index in [0.29, 0.717) is 29.4 Å². The summed E-state index contributed by atoms with van der Waals surface area (Å²) >= 11 is 5.82. The van der Waals surface area contributed by atoms with Crippen LogP contribution in [0.15, 0.2) is 48.9 Å². The maximum atomic E-state index is 14.5. The fraction of sp³-hybridized carbons (Fsp3) is 0.150. The largest absolute Gasteiger partial charge is 0.364 e. The molecule has 4 aromatic heterocycles. The second-order valence-electron chi connectivity index (χ2n) is 6.37. The highest BCUT2D eigenvalue weighted by Gasteiger charge is 2.11. The molecule has 0 saturated heterocycles. The summed E-state index contributed by atoms with van der Waals surface area (Å²) in [6, 6.07) is 9.15. The van der Waals surface area contributed by atoms with Crippen molar-refractivity contribution < 1.29 is 4.39 Å². The molecule has 7 heteroatoms. The van der Waals surface area contributed by atoms with Crippen LogP contribution >= 0.6 is 11.6 Å². The minimum Gasteiger partial charge on any atom is -0.364 e. The van der Waals surface area contributed by atoms with E-state index in [2.05, 4.69) is 31.3 Å². The van der Waals surface area contributed by atoms with Gasteiger partial charge in [-0.25, -0.2) is 9.97 Å². The molecule has 0 radical (unpaired) electrons. The lowest BCUT2D eigenvalue weighted by atomic mass is 10.1. The van der Waals surface area contributed by atoms with Crippen molar-refractivity contribution in [1.29, 1.82) is 0 Å². The van der Waals surface area contributed by atoms with Gasteiger partial charge < -0.3 is 10.3 Å². The predicted molar refractivity (Wildman–Crippen MR) is 104 cm³/mol. The van der Waals surface area contributed by atoms with Crippen molar-refractivity contribution in [3.63, 3.8) is 0 Å². The average molecular weight is 382 g/mol. The van der Waals surface area contributed by atoms with Gasteiger partial charge in [-0.3, -0.25) is 4.98 Å². The number of aryl methyl sites for hydroxylation is 1. The summed E-state index contributed by atoms with van der Waals surface area (Å²) in [7, 11) is 0. The van der Waals surface area contributed by atoms with Gasteiger partial charge in [-0.1, -0.05) is 17.7 Å². The van der Waals surface area contributed by atoms with Crippen LogP contribution in [0.1, 0.15) is 22.4 Å². The molecule has 5 nitrogen and oxygen atoms in total. The molecule has 0 spiro atoms. The zero-order chi connectivity index (χ0) is 18.8. The number of anilines is 1. The first-order chi connectivity index (χ1) is 13.1. The van der Waals surface area contributed by atoms with E-state index in [1.807, 2.05) is 19.2 Å². The van der Waals surface area contributed by atoms with E-state index >= 15 is 0 Å². The van der Waals surface area contributed by atoms with Crippen molar-refractivity contribution in [2.45, 2.75) is 19.9 Å². The van der Waals surface area contributed by atoms with E-state index in [-0.39, 0.29) is 0 Å². The molecule has 0 aliphatic rings. The van der Waals surface area contributed by atoms with Crippen LogP contribution in [0.3, 0.4) is 0 Å². The molecule has 2 N–H and O–H groups in total. The number of aromatic amines is 1. The number of nitrogens with one attached hydrogen (secondary N) is 2. The highest BCUT2D eigenvalue weighted by atomic mass is 35.5. The van der Waals surface area contributed by atoms with Crippen molar-refractivity contribution >= 4 is 28.5 Å². The van der Waals surface area contributed by atoms with Gasteiger partial charge >= 0.3 is 0 Å². The summed E-state index contributed by atoms with van der Waals surface area (Å²) in [5.41, 5.74) is 4.20. The molecule has 0 unspecified atom stereocenters. The van der Waals surface area contributed by atoms with Crippen molar-refractivity contribution in [3.05, 3.63) is 82.3 Å². The van der Waals surface area contributed by atoms with Crippen LogP contribution in [0.2, 0.25) is 5.02 Å². The number of hydrogen-bond donors (Lipinski definition) is 2. The Bertz CT molecular complexity index is 1090. The topological polar surface area (TPSA) is 66.5 Å². The number of halogens is 2. The van der Waals surface area contributed by atoms with E-state index in [1.54, 1.807) is 30.6 Å². The lowest BCUT2D eigenvalue weighted by Crippen LogP contribution is -2.05. The van der Waals surface area contributed by atoms with Gasteiger partial charge in [0.25, 0.3) is 0 Å².